The highest BCUT2D eigenvalue weighted by Gasteiger charge is 2.39. The minimum atomic E-state index is -0.372. The van der Waals surface area contributed by atoms with Crippen molar-refractivity contribution in [2.24, 2.45) is 0 Å². The second kappa shape index (κ2) is 12.1. The molecule has 0 saturated carbocycles. The quantitative estimate of drug-likeness (QED) is 0.280. The Bertz CT molecular complexity index is 1580. The van der Waals surface area contributed by atoms with Crippen LogP contribution in [0.4, 0.5) is 0 Å². The van der Waals surface area contributed by atoms with E-state index in [1.807, 2.05) is 31.2 Å². The van der Waals surface area contributed by atoms with Gasteiger partial charge in [-0.1, -0.05) is 56.0 Å². The Balaban J connectivity index is 0.000000189. The first-order valence-corrected chi connectivity index (χ1v) is 13.1. The summed E-state index contributed by atoms with van der Waals surface area (Å²) < 4.78 is 5.12. The van der Waals surface area contributed by atoms with Crippen molar-refractivity contribution >= 4 is 23.6 Å². The van der Waals surface area contributed by atoms with Gasteiger partial charge in [-0.2, -0.15) is 0 Å². The van der Waals surface area contributed by atoms with Gasteiger partial charge in [-0.3, -0.25) is 29.0 Å². The molecule has 0 radical (unpaired) electrons. The maximum atomic E-state index is 12.4. The van der Waals surface area contributed by atoms with Gasteiger partial charge in [-0.15, -0.1) is 0 Å². The molecule has 0 saturated heterocycles. The highest BCUT2D eigenvalue weighted by molar-refractivity contribution is 6.22. The number of rotatable bonds is 5. The molecule has 0 aliphatic carbocycles. The fourth-order valence-electron chi connectivity index (χ4n) is 5.05. The van der Waals surface area contributed by atoms with E-state index in [9.17, 15) is 24.3 Å². The van der Waals surface area contributed by atoms with Gasteiger partial charge >= 0.3 is 0 Å². The van der Waals surface area contributed by atoms with E-state index in [1.165, 1.54) is 9.80 Å². The SMILES string of the molecule is C.COc1ccc([C@H](C)N2C(=O)c3ccccc3C2=O)cc1.C[C@@H](c1ccc(O)cc1)N1C(=O)c2ccccc2C1=O. The van der Waals surface area contributed by atoms with Crippen molar-refractivity contribution in [3.63, 3.8) is 0 Å². The average molecular weight is 565 g/mol. The molecule has 42 heavy (non-hydrogen) atoms. The van der Waals surface area contributed by atoms with Crippen LogP contribution < -0.4 is 4.74 Å². The van der Waals surface area contributed by atoms with Gasteiger partial charge in [-0.05, 0) is 73.5 Å². The summed E-state index contributed by atoms with van der Waals surface area (Å²) in [7, 11) is 1.60. The van der Waals surface area contributed by atoms with E-state index in [1.54, 1.807) is 86.8 Å². The molecule has 0 bridgehead atoms. The zero-order chi connectivity index (χ0) is 29.3. The van der Waals surface area contributed by atoms with Crippen LogP contribution >= 0.6 is 0 Å². The lowest BCUT2D eigenvalue weighted by molar-refractivity contribution is 0.0579. The summed E-state index contributed by atoms with van der Waals surface area (Å²) in [6.07, 6.45) is 0. The minimum Gasteiger partial charge on any atom is -0.508 e. The van der Waals surface area contributed by atoms with Crippen LogP contribution in [-0.4, -0.2) is 45.6 Å². The standard InChI is InChI=1S/C17H15NO3.C16H13NO3.CH4/c1-11(12-7-9-13(21-2)10-8-12)18-16(19)14-5-3-4-6-15(14)17(18)20;1-10(11-6-8-12(18)9-7-11)17-15(19)13-4-2-3-5-14(13)16(17)20;/h3-11H,1-2H3;2-10,18H,1H3;1H4/t11-;10-;/m00./s1. The molecule has 2 aliphatic heterocycles. The van der Waals surface area contributed by atoms with Gasteiger partial charge in [0, 0.05) is 0 Å². The van der Waals surface area contributed by atoms with Crippen molar-refractivity contribution in [1.82, 2.24) is 9.80 Å². The van der Waals surface area contributed by atoms with E-state index in [4.69, 9.17) is 4.74 Å². The van der Waals surface area contributed by atoms with Gasteiger partial charge in [0.1, 0.15) is 11.5 Å². The van der Waals surface area contributed by atoms with Crippen LogP contribution in [0.15, 0.2) is 97.1 Å². The van der Waals surface area contributed by atoms with Gasteiger partial charge in [0.2, 0.25) is 0 Å². The number of phenolic OH excluding ortho intramolecular Hbond substituents is 1. The number of nitrogens with zero attached hydrogens (tertiary/aromatic N) is 2. The lowest BCUT2D eigenvalue weighted by atomic mass is 10.1. The fourth-order valence-corrected chi connectivity index (χ4v) is 5.05. The number of carbonyl (C=O) groups is 4. The Labute approximate surface area is 244 Å². The molecule has 4 aromatic carbocycles. The van der Waals surface area contributed by atoms with Crippen molar-refractivity contribution in [2.75, 3.05) is 7.11 Å². The number of aromatic hydroxyl groups is 1. The summed E-state index contributed by atoms with van der Waals surface area (Å²) in [4.78, 5) is 52.1. The number of carbonyl (C=O) groups excluding carboxylic acids is 4. The Kier molecular flexibility index (Phi) is 8.57. The summed E-state index contributed by atoms with van der Waals surface area (Å²) in [6, 6.07) is 27.0. The van der Waals surface area contributed by atoms with E-state index < -0.39 is 0 Å². The molecule has 8 heteroatoms. The molecule has 4 amide bonds. The lowest BCUT2D eigenvalue weighted by Crippen LogP contribution is -2.32. The summed E-state index contributed by atoms with van der Waals surface area (Å²) in [5.74, 6) is -0.119. The molecule has 0 unspecified atom stereocenters. The van der Waals surface area contributed by atoms with Crippen LogP contribution in [0.25, 0.3) is 0 Å². The Morgan fingerprint density at radius 2 is 0.857 bits per heavy atom. The molecule has 6 rings (SSSR count). The van der Waals surface area contributed by atoms with E-state index >= 15 is 0 Å². The summed E-state index contributed by atoms with van der Waals surface area (Å²) >= 11 is 0. The predicted octanol–water partition coefficient (Wildman–Crippen LogP) is 6.44. The van der Waals surface area contributed by atoms with Crippen LogP contribution in [0.5, 0.6) is 11.5 Å². The monoisotopic (exact) mass is 564 g/mol. The summed E-state index contributed by atoms with van der Waals surface area (Å²) in [5.41, 5.74) is 3.54. The normalized spacial score (nSPS) is 14.8. The first-order chi connectivity index (χ1) is 19.7. The van der Waals surface area contributed by atoms with Crippen LogP contribution in [0, 0.1) is 0 Å². The second-order valence-electron chi connectivity index (χ2n) is 9.77. The van der Waals surface area contributed by atoms with E-state index in [-0.39, 0.29) is 48.9 Å². The molecular formula is C34H32N2O6. The van der Waals surface area contributed by atoms with Crippen molar-refractivity contribution in [3.05, 3.63) is 130 Å². The van der Waals surface area contributed by atoms with E-state index in [0.29, 0.717) is 22.3 Å². The van der Waals surface area contributed by atoms with Crippen molar-refractivity contribution in [2.45, 2.75) is 33.4 Å². The van der Waals surface area contributed by atoms with Gasteiger partial charge in [0.15, 0.2) is 0 Å². The van der Waals surface area contributed by atoms with Crippen LogP contribution in [0.1, 0.15) is 85.9 Å². The molecule has 0 aromatic heterocycles. The van der Waals surface area contributed by atoms with Gasteiger partial charge in [0.05, 0.1) is 41.4 Å². The van der Waals surface area contributed by atoms with Gasteiger partial charge in [0.25, 0.3) is 23.6 Å². The average Bonchev–Trinajstić information content (AvgIpc) is 3.41. The predicted molar refractivity (Wildman–Crippen MR) is 159 cm³/mol. The minimum absolute atomic E-state index is 0. The first kappa shape index (κ1) is 29.7. The zero-order valence-electron chi connectivity index (χ0n) is 22.8. The molecule has 214 valence electrons. The highest BCUT2D eigenvalue weighted by atomic mass is 16.5. The number of methoxy groups -OCH3 is 1. The van der Waals surface area contributed by atoms with Crippen molar-refractivity contribution < 1.29 is 29.0 Å². The number of benzene rings is 4. The third-order valence-electron chi connectivity index (χ3n) is 7.40. The van der Waals surface area contributed by atoms with Gasteiger partial charge < -0.3 is 9.84 Å². The number of hydrogen-bond acceptors (Lipinski definition) is 6. The summed E-state index contributed by atoms with van der Waals surface area (Å²) in [6.45, 7) is 3.65. The van der Waals surface area contributed by atoms with E-state index in [2.05, 4.69) is 0 Å². The molecule has 1 N–H and O–H groups in total. The molecule has 4 aromatic rings. The number of hydrogen-bond donors (Lipinski definition) is 1. The molecular weight excluding hydrogens is 532 g/mol. The molecule has 0 spiro atoms. The van der Waals surface area contributed by atoms with Crippen LogP contribution in [-0.2, 0) is 0 Å². The Morgan fingerprint density at radius 3 is 1.17 bits per heavy atom. The van der Waals surface area contributed by atoms with Gasteiger partial charge in [-0.25, -0.2) is 0 Å². The molecule has 8 nitrogen and oxygen atoms in total. The van der Waals surface area contributed by atoms with Crippen molar-refractivity contribution in [1.29, 1.82) is 0 Å². The molecule has 2 heterocycles. The number of ether oxygens (including phenoxy) is 1. The lowest BCUT2D eigenvalue weighted by Gasteiger charge is -2.23. The summed E-state index contributed by atoms with van der Waals surface area (Å²) in [5, 5.41) is 9.30. The van der Waals surface area contributed by atoms with Crippen molar-refractivity contribution in [3.8, 4) is 11.5 Å². The van der Waals surface area contributed by atoms with Crippen LogP contribution in [0.2, 0.25) is 0 Å². The maximum Gasteiger partial charge on any atom is 0.262 e. The number of fused-ring (bicyclic) bond motifs is 2. The fraction of sp³-hybridized carbons (Fsp3) is 0.176. The number of amides is 4. The van der Waals surface area contributed by atoms with Crippen LogP contribution in [0.3, 0.4) is 0 Å². The topological polar surface area (TPSA) is 104 Å². The Hall–Kier alpha value is -5.24. The second-order valence-corrected chi connectivity index (χ2v) is 9.77. The first-order valence-electron chi connectivity index (χ1n) is 13.1. The Morgan fingerprint density at radius 1 is 0.548 bits per heavy atom. The highest BCUT2D eigenvalue weighted by Crippen LogP contribution is 2.33. The van der Waals surface area contributed by atoms with E-state index in [0.717, 1.165) is 16.9 Å². The number of imide groups is 2. The third kappa shape index (κ3) is 5.26. The number of phenols is 1. The zero-order valence-corrected chi connectivity index (χ0v) is 22.8. The maximum absolute atomic E-state index is 12.4. The smallest absolute Gasteiger partial charge is 0.262 e. The molecule has 2 aliphatic rings. The molecule has 2 atom stereocenters. The third-order valence-corrected chi connectivity index (χ3v) is 7.40. The molecule has 0 fully saturated rings. The largest absolute Gasteiger partial charge is 0.508 e.